The van der Waals surface area contributed by atoms with Crippen LogP contribution in [0, 0.1) is 6.92 Å². The molecule has 96 valence electrons. The van der Waals surface area contributed by atoms with Crippen LogP contribution in [0.1, 0.15) is 32.7 Å². The average Bonchev–Trinajstić information content (AvgIpc) is 2.39. The van der Waals surface area contributed by atoms with Gasteiger partial charge in [0.15, 0.2) is 11.6 Å². The van der Waals surface area contributed by atoms with E-state index in [1.54, 1.807) is 30.3 Å². The van der Waals surface area contributed by atoms with E-state index >= 15 is 0 Å². The maximum absolute atomic E-state index is 12.0. The van der Waals surface area contributed by atoms with Gasteiger partial charge in [0.2, 0.25) is 0 Å². The molecular weight excluding hydrogens is 304 g/mol. The third kappa shape index (κ3) is 3.61. The van der Waals surface area contributed by atoms with Crippen molar-refractivity contribution in [2.45, 2.75) is 13.3 Å². The molecule has 0 radical (unpaired) electrons. The number of carbonyl (C=O) groups is 2. The number of Topliss-reactive ketones (excluding diaryl/α,β-unsaturated/α-hetero) is 2. The van der Waals surface area contributed by atoms with Gasteiger partial charge in [-0.2, -0.15) is 0 Å². The molecule has 0 N–H and O–H groups in total. The van der Waals surface area contributed by atoms with Crippen LogP contribution in [0.5, 0.6) is 0 Å². The third-order valence-electron chi connectivity index (χ3n) is 2.84. The van der Waals surface area contributed by atoms with Gasteiger partial charge in [-0.3, -0.25) is 9.59 Å². The highest BCUT2D eigenvalue weighted by Gasteiger charge is 2.13. The summed E-state index contributed by atoms with van der Waals surface area (Å²) in [5, 5.41) is 0. The highest BCUT2D eigenvalue weighted by Crippen LogP contribution is 2.14. The molecule has 0 fully saturated rings. The Hall–Kier alpha value is -1.74. The van der Waals surface area contributed by atoms with Crippen LogP contribution in [0.25, 0.3) is 0 Å². The molecule has 0 aliphatic rings. The Kier molecular flexibility index (Phi) is 4.27. The molecular formula is C16H13BrO2. The molecule has 2 aromatic carbocycles. The Morgan fingerprint density at radius 1 is 0.947 bits per heavy atom. The molecule has 0 aliphatic heterocycles. The van der Waals surface area contributed by atoms with Gasteiger partial charge in [0.05, 0.1) is 6.42 Å². The molecule has 0 spiro atoms. The van der Waals surface area contributed by atoms with Gasteiger partial charge < -0.3 is 0 Å². The number of benzene rings is 2. The fraction of sp³-hybridized carbons (Fsp3) is 0.125. The highest BCUT2D eigenvalue weighted by atomic mass is 79.9. The van der Waals surface area contributed by atoms with Gasteiger partial charge in [0.25, 0.3) is 0 Å². The van der Waals surface area contributed by atoms with Gasteiger partial charge in [-0.05, 0) is 19.1 Å². The lowest BCUT2D eigenvalue weighted by Gasteiger charge is -2.02. The van der Waals surface area contributed by atoms with Crippen LogP contribution < -0.4 is 0 Å². The van der Waals surface area contributed by atoms with Crippen molar-refractivity contribution in [2.24, 2.45) is 0 Å². The van der Waals surface area contributed by atoms with Crippen molar-refractivity contribution in [3.05, 3.63) is 69.7 Å². The number of rotatable bonds is 4. The molecule has 0 bridgehead atoms. The van der Waals surface area contributed by atoms with Gasteiger partial charge in [-0.1, -0.05) is 57.9 Å². The van der Waals surface area contributed by atoms with Crippen LogP contribution in [-0.4, -0.2) is 11.6 Å². The Labute approximate surface area is 120 Å². The molecule has 19 heavy (non-hydrogen) atoms. The highest BCUT2D eigenvalue weighted by molar-refractivity contribution is 9.10. The second kappa shape index (κ2) is 5.93. The summed E-state index contributed by atoms with van der Waals surface area (Å²) in [6.45, 7) is 1.96. The van der Waals surface area contributed by atoms with E-state index in [-0.39, 0.29) is 18.0 Å². The summed E-state index contributed by atoms with van der Waals surface area (Å²) in [5.74, 6) is -0.308. The minimum atomic E-state index is -0.160. The first kappa shape index (κ1) is 13.7. The predicted octanol–water partition coefficient (Wildman–Crippen LogP) is 4.21. The Balaban J connectivity index is 2.11. The first-order chi connectivity index (χ1) is 9.06. The number of ketones is 2. The lowest BCUT2D eigenvalue weighted by Crippen LogP contribution is -2.08. The minimum absolute atomic E-state index is 0.0977. The zero-order chi connectivity index (χ0) is 13.8. The molecule has 0 amide bonds. The Morgan fingerprint density at radius 2 is 1.58 bits per heavy atom. The monoisotopic (exact) mass is 316 g/mol. The fourth-order valence-electron chi connectivity index (χ4n) is 1.75. The molecule has 0 heterocycles. The van der Waals surface area contributed by atoms with Crippen molar-refractivity contribution >= 4 is 27.5 Å². The van der Waals surface area contributed by atoms with Crippen molar-refractivity contribution in [1.29, 1.82) is 0 Å². The van der Waals surface area contributed by atoms with Gasteiger partial charge in [0.1, 0.15) is 0 Å². The predicted molar refractivity (Wildman–Crippen MR) is 78.6 cm³/mol. The van der Waals surface area contributed by atoms with Crippen LogP contribution >= 0.6 is 15.9 Å². The topological polar surface area (TPSA) is 34.1 Å². The fourth-order valence-corrected chi connectivity index (χ4v) is 2.15. The van der Waals surface area contributed by atoms with Gasteiger partial charge >= 0.3 is 0 Å². The quantitative estimate of drug-likeness (QED) is 0.625. The van der Waals surface area contributed by atoms with Crippen LogP contribution in [0.2, 0.25) is 0 Å². The second-order valence-electron chi connectivity index (χ2n) is 4.40. The number of hydrogen-bond donors (Lipinski definition) is 0. The maximum atomic E-state index is 12.0. The lowest BCUT2D eigenvalue weighted by molar-refractivity contribution is 0.0894. The molecule has 0 aliphatic carbocycles. The van der Waals surface area contributed by atoms with E-state index in [1.807, 2.05) is 25.1 Å². The summed E-state index contributed by atoms with van der Waals surface area (Å²) in [5.41, 5.74) is 2.22. The van der Waals surface area contributed by atoms with E-state index in [2.05, 4.69) is 15.9 Å². The molecule has 0 saturated carbocycles. The van der Waals surface area contributed by atoms with E-state index in [4.69, 9.17) is 0 Å². The van der Waals surface area contributed by atoms with E-state index in [1.165, 1.54) is 0 Å². The van der Waals surface area contributed by atoms with E-state index in [0.717, 1.165) is 10.0 Å². The van der Waals surface area contributed by atoms with Crippen molar-refractivity contribution in [1.82, 2.24) is 0 Å². The Bertz CT molecular complexity index is 615. The molecule has 0 atom stereocenters. The maximum Gasteiger partial charge on any atom is 0.170 e. The number of aryl methyl sites for hydroxylation is 1. The summed E-state index contributed by atoms with van der Waals surface area (Å²) in [6, 6.07) is 14.3. The lowest BCUT2D eigenvalue weighted by atomic mass is 10.0. The number of halogens is 1. The van der Waals surface area contributed by atoms with Crippen LogP contribution in [0.4, 0.5) is 0 Å². The van der Waals surface area contributed by atoms with Gasteiger partial charge in [-0.15, -0.1) is 0 Å². The first-order valence-electron chi connectivity index (χ1n) is 5.95. The second-order valence-corrected chi connectivity index (χ2v) is 5.32. The molecule has 2 rings (SSSR count). The summed E-state index contributed by atoms with van der Waals surface area (Å²) in [7, 11) is 0. The van der Waals surface area contributed by atoms with Crippen LogP contribution in [0.3, 0.4) is 0 Å². The van der Waals surface area contributed by atoms with Gasteiger partial charge in [-0.25, -0.2) is 0 Å². The number of carbonyl (C=O) groups excluding carboxylic acids is 2. The Morgan fingerprint density at radius 3 is 2.21 bits per heavy atom. The minimum Gasteiger partial charge on any atom is -0.294 e. The molecule has 2 aromatic rings. The van der Waals surface area contributed by atoms with Crippen LogP contribution in [0.15, 0.2) is 53.0 Å². The molecule has 0 unspecified atom stereocenters. The SMILES string of the molecule is Cc1ccc(C(=O)CC(=O)c2cccc(Br)c2)cc1. The average molecular weight is 317 g/mol. The van der Waals surface area contributed by atoms with Crippen LogP contribution in [-0.2, 0) is 0 Å². The van der Waals surface area contributed by atoms with E-state index in [9.17, 15) is 9.59 Å². The standard InChI is InChI=1S/C16H13BrO2/c1-11-5-7-12(8-6-11)15(18)10-16(19)13-3-2-4-14(17)9-13/h2-9H,10H2,1H3. The molecule has 0 saturated heterocycles. The van der Waals surface area contributed by atoms with Crippen molar-refractivity contribution in [3.8, 4) is 0 Å². The zero-order valence-electron chi connectivity index (χ0n) is 10.5. The summed E-state index contributed by atoms with van der Waals surface area (Å²) in [4.78, 5) is 24.0. The summed E-state index contributed by atoms with van der Waals surface area (Å²) >= 11 is 3.31. The molecule has 0 aromatic heterocycles. The van der Waals surface area contributed by atoms with Crippen molar-refractivity contribution in [2.75, 3.05) is 0 Å². The third-order valence-corrected chi connectivity index (χ3v) is 3.33. The zero-order valence-corrected chi connectivity index (χ0v) is 12.1. The van der Waals surface area contributed by atoms with Crippen molar-refractivity contribution < 1.29 is 9.59 Å². The van der Waals surface area contributed by atoms with E-state index in [0.29, 0.717) is 11.1 Å². The largest absolute Gasteiger partial charge is 0.294 e. The van der Waals surface area contributed by atoms with Gasteiger partial charge in [0, 0.05) is 15.6 Å². The normalized spacial score (nSPS) is 10.2. The van der Waals surface area contributed by atoms with E-state index < -0.39 is 0 Å². The molecule has 2 nitrogen and oxygen atoms in total. The number of hydrogen-bond acceptors (Lipinski definition) is 2. The molecule has 3 heteroatoms. The first-order valence-corrected chi connectivity index (χ1v) is 6.74. The summed E-state index contributed by atoms with van der Waals surface area (Å²) < 4.78 is 0.834. The summed E-state index contributed by atoms with van der Waals surface area (Å²) in [6.07, 6.45) is -0.0977. The van der Waals surface area contributed by atoms with Crippen molar-refractivity contribution in [3.63, 3.8) is 0 Å². The smallest absolute Gasteiger partial charge is 0.170 e.